The minimum absolute atomic E-state index is 0.149. The molecule has 4 heteroatoms. The second kappa shape index (κ2) is 5.51. The molecule has 22 heavy (non-hydrogen) atoms. The number of imide groups is 1. The van der Waals surface area contributed by atoms with Crippen LogP contribution >= 0.6 is 0 Å². The average Bonchev–Trinajstić information content (AvgIpc) is 2.67. The van der Waals surface area contributed by atoms with Gasteiger partial charge >= 0.3 is 0 Å². The van der Waals surface area contributed by atoms with E-state index >= 15 is 0 Å². The van der Waals surface area contributed by atoms with Crippen molar-refractivity contribution >= 4 is 11.8 Å². The van der Waals surface area contributed by atoms with Crippen LogP contribution in [0.4, 0.5) is 0 Å². The zero-order chi connectivity index (χ0) is 15.8. The van der Waals surface area contributed by atoms with Gasteiger partial charge < -0.3 is 4.74 Å². The van der Waals surface area contributed by atoms with E-state index in [1.165, 1.54) is 4.90 Å². The van der Waals surface area contributed by atoms with Crippen molar-refractivity contribution in [2.24, 2.45) is 0 Å². The first-order valence-electron chi connectivity index (χ1n) is 8.06. The second-order valence-corrected chi connectivity index (χ2v) is 6.82. The van der Waals surface area contributed by atoms with Gasteiger partial charge in [-0.1, -0.05) is 36.8 Å². The predicted octanol–water partition coefficient (Wildman–Crippen LogP) is 3.05. The molecule has 1 saturated carbocycles. The zero-order valence-electron chi connectivity index (χ0n) is 13.3. The zero-order valence-corrected chi connectivity index (χ0v) is 13.3. The summed E-state index contributed by atoms with van der Waals surface area (Å²) >= 11 is 0. The largest absolute Gasteiger partial charge is 0.339 e. The average molecular weight is 301 g/mol. The van der Waals surface area contributed by atoms with Crippen molar-refractivity contribution in [3.05, 3.63) is 35.9 Å². The summed E-state index contributed by atoms with van der Waals surface area (Å²) in [7, 11) is 0. The Labute approximate surface area is 131 Å². The molecule has 0 radical (unpaired) electrons. The third-order valence-electron chi connectivity index (χ3n) is 4.65. The Morgan fingerprint density at radius 3 is 2.41 bits per heavy atom. The van der Waals surface area contributed by atoms with Gasteiger partial charge in [0.25, 0.3) is 5.91 Å². The highest BCUT2D eigenvalue weighted by Gasteiger charge is 2.58. The first-order chi connectivity index (χ1) is 10.4. The van der Waals surface area contributed by atoms with E-state index in [9.17, 15) is 9.59 Å². The van der Waals surface area contributed by atoms with Gasteiger partial charge in [0.15, 0.2) is 5.72 Å². The van der Waals surface area contributed by atoms with Crippen LogP contribution in [-0.4, -0.2) is 28.0 Å². The van der Waals surface area contributed by atoms with E-state index < -0.39 is 11.3 Å². The van der Waals surface area contributed by atoms with Gasteiger partial charge in [-0.15, -0.1) is 0 Å². The lowest BCUT2D eigenvalue weighted by Gasteiger charge is -2.38. The molecule has 0 N–H and O–H groups in total. The van der Waals surface area contributed by atoms with Crippen molar-refractivity contribution in [2.45, 2.75) is 63.7 Å². The van der Waals surface area contributed by atoms with Gasteiger partial charge in [-0.2, -0.15) is 0 Å². The van der Waals surface area contributed by atoms with Crippen molar-refractivity contribution < 1.29 is 14.3 Å². The lowest BCUT2D eigenvalue weighted by atomic mass is 9.90. The summed E-state index contributed by atoms with van der Waals surface area (Å²) in [5, 5.41) is 0. The van der Waals surface area contributed by atoms with Crippen LogP contribution < -0.4 is 0 Å². The maximum absolute atomic E-state index is 12.8. The van der Waals surface area contributed by atoms with Gasteiger partial charge in [0.05, 0.1) is 6.42 Å². The third-order valence-corrected chi connectivity index (χ3v) is 4.65. The van der Waals surface area contributed by atoms with Crippen LogP contribution in [0.5, 0.6) is 0 Å². The van der Waals surface area contributed by atoms with Crippen molar-refractivity contribution in [2.75, 3.05) is 0 Å². The van der Waals surface area contributed by atoms with Crippen LogP contribution in [0.15, 0.2) is 30.3 Å². The van der Waals surface area contributed by atoms with Crippen LogP contribution in [0, 0.1) is 0 Å². The molecule has 1 heterocycles. The first-order valence-corrected chi connectivity index (χ1v) is 8.06. The highest BCUT2D eigenvalue weighted by Crippen LogP contribution is 2.44. The first kappa shape index (κ1) is 15.2. The summed E-state index contributed by atoms with van der Waals surface area (Å²) in [5.41, 5.74) is -0.704. The molecule has 1 saturated heterocycles. The molecule has 4 nitrogen and oxygen atoms in total. The Balaban J connectivity index is 1.88. The number of hydrogen-bond donors (Lipinski definition) is 0. The number of carbonyl (C=O) groups is 2. The molecule has 1 aromatic rings. The summed E-state index contributed by atoms with van der Waals surface area (Å²) in [6.07, 6.45) is 4.89. The van der Waals surface area contributed by atoms with Crippen LogP contribution in [0.1, 0.15) is 51.5 Å². The quantitative estimate of drug-likeness (QED) is 0.843. The summed E-state index contributed by atoms with van der Waals surface area (Å²) in [4.78, 5) is 27.0. The normalized spacial score (nSPS) is 23.0. The second-order valence-electron chi connectivity index (χ2n) is 6.82. The van der Waals surface area contributed by atoms with E-state index in [-0.39, 0.29) is 18.2 Å². The number of nitrogens with zero attached hydrogens (tertiary/aromatic N) is 1. The van der Waals surface area contributed by atoms with Crippen LogP contribution in [0.2, 0.25) is 0 Å². The van der Waals surface area contributed by atoms with E-state index in [2.05, 4.69) is 0 Å². The number of carbonyl (C=O) groups excluding carboxylic acids is 2. The lowest BCUT2D eigenvalue weighted by Crippen LogP contribution is -2.51. The summed E-state index contributed by atoms with van der Waals surface area (Å²) in [6.45, 7) is 3.53. The Kier molecular flexibility index (Phi) is 3.81. The minimum atomic E-state index is -0.913. The fourth-order valence-electron chi connectivity index (χ4n) is 3.64. The van der Waals surface area contributed by atoms with Gasteiger partial charge in [-0.25, -0.2) is 4.90 Å². The number of rotatable bonds is 2. The molecule has 118 valence electrons. The summed E-state index contributed by atoms with van der Waals surface area (Å²) < 4.78 is 6.12. The maximum atomic E-state index is 12.8. The van der Waals surface area contributed by atoms with Crippen molar-refractivity contribution in [3.8, 4) is 0 Å². The van der Waals surface area contributed by atoms with E-state index in [1.54, 1.807) is 13.8 Å². The van der Waals surface area contributed by atoms with E-state index in [0.29, 0.717) is 0 Å². The van der Waals surface area contributed by atoms with Crippen LogP contribution in [-0.2, 0) is 20.7 Å². The highest BCUT2D eigenvalue weighted by atomic mass is 16.6. The fourth-order valence-corrected chi connectivity index (χ4v) is 3.64. The fraction of sp³-hybridized carbons (Fsp3) is 0.556. The number of hydrogen-bond acceptors (Lipinski definition) is 3. The molecule has 0 atom stereocenters. The van der Waals surface area contributed by atoms with Gasteiger partial charge in [-0.05, 0) is 45.1 Å². The van der Waals surface area contributed by atoms with E-state index in [1.807, 2.05) is 30.3 Å². The Hall–Kier alpha value is -1.68. The topological polar surface area (TPSA) is 46.6 Å². The SMILES string of the molecule is CC1(C)OC2(CCCCC2)N(C(=O)Cc2ccccc2)C1=O. The lowest BCUT2D eigenvalue weighted by molar-refractivity contribution is -0.167. The number of amides is 2. The summed E-state index contributed by atoms with van der Waals surface area (Å²) in [5.74, 6) is -0.348. The molecule has 2 amide bonds. The highest BCUT2D eigenvalue weighted by molar-refractivity contribution is 6.02. The molecule has 2 aliphatic rings. The molecule has 1 spiro atoms. The predicted molar refractivity (Wildman–Crippen MR) is 83.0 cm³/mol. The molecular weight excluding hydrogens is 278 g/mol. The van der Waals surface area contributed by atoms with Gasteiger partial charge in [0, 0.05) is 0 Å². The Morgan fingerprint density at radius 1 is 1.14 bits per heavy atom. The monoisotopic (exact) mass is 301 g/mol. The Bertz CT molecular complexity index is 573. The standard InChI is InChI=1S/C18H23NO3/c1-17(2)16(21)19(18(22-17)11-7-4-8-12-18)15(20)13-14-9-5-3-6-10-14/h3,5-6,9-10H,4,7-8,11-13H2,1-2H3. The molecule has 2 fully saturated rings. The van der Waals surface area contributed by atoms with Crippen molar-refractivity contribution in [1.29, 1.82) is 0 Å². The molecule has 1 aliphatic heterocycles. The van der Waals surface area contributed by atoms with E-state index in [4.69, 9.17) is 4.74 Å². The molecule has 3 rings (SSSR count). The van der Waals surface area contributed by atoms with E-state index in [0.717, 1.165) is 37.7 Å². The maximum Gasteiger partial charge on any atom is 0.263 e. The molecule has 1 aliphatic carbocycles. The summed E-state index contributed by atoms with van der Waals surface area (Å²) in [6, 6.07) is 9.57. The van der Waals surface area contributed by atoms with Crippen LogP contribution in [0.3, 0.4) is 0 Å². The van der Waals surface area contributed by atoms with Crippen molar-refractivity contribution in [1.82, 2.24) is 4.90 Å². The van der Waals surface area contributed by atoms with Crippen molar-refractivity contribution in [3.63, 3.8) is 0 Å². The smallest absolute Gasteiger partial charge is 0.263 e. The molecule has 0 unspecified atom stereocenters. The number of ether oxygens (including phenoxy) is 1. The third kappa shape index (κ3) is 2.56. The van der Waals surface area contributed by atoms with Gasteiger partial charge in [-0.3, -0.25) is 9.59 Å². The van der Waals surface area contributed by atoms with Crippen LogP contribution in [0.25, 0.3) is 0 Å². The Morgan fingerprint density at radius 2 is 1.77 bits per heavy atom. The molecule has 0 bridgehead atoms. The minimum Gasteiger partial charge on any atom is -0.339 e. The molecular formula is C18H23NO3. The van der Waals surface area contributed by atoms with Gasteiger partial charge in [0.2, 0.25) is 5.91 Å². The van der Waals surface area contributed by atoms with Gasteiger partial charge in [0.1, 0.15) is 5.60 Å². The number of benzene rings is 1. The molecule has 0 aromatic heterocycles. The molecule has 1 aromatic carbocycles.